The van der Waals surface area contributed by atoms with Crippen molar-refractivity contribution in [3.8, 4) is 5.75 Å². The van der Waals surface area contributed by atoms with Crippen LogP contribution in [0.1, 0.15) is 13.8 Å². The number of nitrogens with two attached hydrogens (primary N) is 1. The molecule has 0 saturated carbocycles. The minimum atomic E-state index is -0.746. The average Bonchev–Trinajstić information content (AvgIpc) is 2.47. The van der Waals surface area contributed by atoms with Crippen molar-refractivity contribution >= 4 is 23.7 Å². The van der Waals surface area contributed by atoms with Gasteiger partial charge in [-0.3, -0.25) is 0 Å². The van der Waals surface area contributed by atoms with Gasteiger partial charge in [0.1, 0.15) is 5.75 Å². The molecule has 0 aliphatic rings. The van der Waals surface area contributed by atoms with E-state index in [-0.39, 0.29) is 19.7 Å². The van der Waals surface area contributed by atoms with Crippen molar-refractivity contribution in [1.29, 1.82) is 0 Å². The quantitative estimate of drug-likeness (QED) is 0.780. The Hall–Kier alpha value is -1.99. The fraction of sp³-hybridized carbons (Fsp3) is 0.429. The Balaban J connectivity index is 2.59. The molecule has 1 aromatic rings. The Morgan fingerprint density at radius 3 is 2.55 bits per heavy atom. The lowest BCUT2D eigenvalue weighted by molar-refractivity contribution is 0.108. The van der Waals surface area contributed by atoms with Crippen LogP contribution in [-0.4, -0.2) is 42.9 Å². The summed E-state index contributed by atoms with van der Waals surface area (Å²) >= 11 is 5.78. The molecule has 0 aliphatic carbocycles. The van der Waals surface area contributed by atoms with Crippen LogP contribution >= 0.6 is 11.6 Å². The van der Waals surface area contributed by atoms with Crippen molar-refractivity contribution in [2.45, 2.75) is 20.1 Å². The fourth-order valence-corrected chi connectivity index (χ4v) is 1.73. The van der Waals surface area contributed by atoms with Crippen molar-refractivity contribution < 1.29 is 19.1 Å². The van der Waals surface area contributed by atoms with Gasteiger partial charge in [-0.2, -0.15) is 0 Å². The summed E-state index contributed by atoms with van der Waals surface area (Å²) in [6.07, 6.45) is -1.40. The molecule has 0 spiro atoms. The smallest absolute Gasteiger partial charge is 0.418 e. The van der Waals surface area contributed by atoms with Crippen molar-refractivity contribution in [1.82, 2.24) is 10.2 Å². The van der Waals surface area contributed by atoms with E-state index in [9.17, 15) is 9.59 Å². The number of carbonyl (C=O) groups is 2. The molecule has 0 radical (unpaired) electrons. The van der Waals surface area contributed by atoms with Gasteiger partial charge in [-0.05, 0) is 38.1 Å². The summed E-state index contributed by atoms with van der Waals surface area (Å²) in [6.45, 7) is 3.65. The topological polar surface area (TPSA) is 93.9 Å². The number of nitrogens with zero attached hydrogens (tertiary/aromatic N) is 1. The van der Waals surface area contributed by atoms with Gasteiger partial charge in [0.25, 0.3) is 0 Å². The lowest BCUT2D eigenvalue weighted by Gasteiger charge is -2.23. The van der Waals surface area contributed by atoms with E-state index < -0.39 is 18.4 Å². The van der Waals surface area contributed by atoms with Crippen molar-refractivity contribution in [2.24, 2.45) is 5.73 Å². The Kier molecular flexibility index (Phi) is 7.48. The first kappa shape index (κ1) is 18.1. The maximum atomic E-state index is 12.1. The SMILES string of the molecule is CCOC(=O)N(CCN)C(=O)NC(C)Oc1ccc(Cl)cc1. The Labute approximate surface area is 134 Å². The number of benzene rings is 1. The van der Waals surface area contributed by atoms with E-state index in [1.807, 2.05) is 0 Å². The normalized spacial score (nSPS) is 11.5. The molecular weight excluding hydrogens is 310 g/mol. The molecule has 0 aromatic heterocycles. The maximum Gasteiger partial charge on any atom is 0.418 e. The predicted molar refractivity (Wildman–Crippen MR) is 82.9 cm³/mol. The van der Waals surface area contributed by atoms with Gasteiger partial charge in [-0.25, -0.2) is 14.5 Å². The molecule has 0 fully saturated rings. The monoisotopic (exact) mass is 329 g/mol. The molecule has 8 heteroatoms. The molecule has 0 heterocycles. The number of hydrogen-bond donors (Lipinski definition) is 2. The number of amides is 3. The number of hydrogen-bond acceptors (Lipinski definition) is 5. The zero-order valence-electron chi connectivity index (χ0n) is 12.5. The highest BCUT2D eigenvalue weighted by Crippen LogP contribution is 2.16. The first-order chi connectivity index (χ1) is 10.5. The van der Waals surface area contributed by atoms with Crippen LogP contribution in [0.5, 0.6) is 5.75 Å². The van der Waals surface area contributed by atoms with Gasteiger partial charge in [-0.1, -0.05) is 11.6 Å². The molecular formula is C14H20ClN3O4. The lowest BCUT2D eigenvalue weighted by atomic mass is 10.3. The standard InChI is InChI=1S/C14H20ClN3O4/c1-3-21-14(20)18(9-8-16)13(19)17-10(2)22-12-6-4-11(15)5-7-12/h4-7,10H,3,8-9,16H2,1-2H3,(H,17,19). The van der Waals surface area contributed by atoms with E-state index >= 15 is 0 Å². The highest BCUT2D eigenvalue weighted by atomic mass is 35.5. The molecule has 3 amide bonds. The fourth-order valence-electron chi connectivity index (χ4n) is 1.60. The molecule has 0 aliphatic heterocycles. The summed E-state index contributed by atoms with van der Waals surface area (Å²) in [4.78, 5) is 24.6. The minimum Gasteiger partial charge on any atom is -0.471 e. The summed E-state index contributed by atoms with van der Waals surface area (Å²) < 4.78 is 10.3. The van der Waals surface area contributed by atoms with Crippen molar-refractivity contribution in [3.63, 3.8) is 0 Å². The van der Waals surface area contributed by atoms with Crippen molar-refractivity contribution in [3.05, 3.63) is 29.3 Å². The molecule has 1 unspecified atom stereocenters. The number of urea groups is 1. The average molecular weight is 330 g/mol. The number of ether oxygens (including phenoxy) is 2. The van der Waals surface area contributed by atoms with Gasteiger partial charge in [0.05, 0.1) is 6.61 Å². The zero-order chi connectivity index (χ0) is 16.5. The predicted octanol–water partition coefficient (Wildman–Crippen LogP) is 2.19. The third-order valence-corrected chi connectivity index (χ3v) is 2.79. The zero-order valence-corrected chi connectivity index (χ0v) is 13.3. The Morgan fingerprint density at radius 1 is 1.36 bits per heavy atom. The molecule has 7 nitrogen and oxygen atoms in total. The van der Waals surface area contributed by atoms with Gasteiger partial charge >= 0.3 is 12.1 Å². The lowest BCUT2D eigenvalue weighted by Crippen LogP contribution is -2.50. The van der Waals surface area contributed by atoms with Crippen LogP contribution in [0.15, 0.2) is 24.3 Å². The molecule has 1 aromatic carbocycles. The number of nitrogens with one attached hydrogen (secondary N) is 1. The number of carbonyl (C=O) groups excluding carboxylic acids is 2. The van der Waals surface area contributed by atoms with E-state index in [1.54, 1.807) is 38.1 Å². The summed E-state index contributed by atoms with van der Waals surface area (Å²) in [5, 5.41) is 3.13. The minimum absolute atomic E-state index is 0.0539. The molecule has 22 heavy (non-hydrogen) atoms. The maximum absolute atomic E-state index is 12.1. The van der Waals surface area contributed by atoms with Gasteiger partial charge in [0.2, 0.25) is 0 Å². The van der Waals surface area contributed by atoms with Crippen LogP contribution < -0.4 is 15.8 Å². The van der Waals surface area contributed by atoms with E-state index in [1.165, 1.54) is 0 Å². The third kappa shape index (κ3) is 5.79. The van der Waals surface area contributed by atoms with Crippen LogP contribution in [0.25, 0.3) is 0 Å². The van der Waals surface area contributed by atoms with Gasteiger partial charge in [0.15, 0.2) is 6.23 Å². The van der Waals surface area contributed by atoms with Crippen LogP contribution in [0.4, 0.5) is 9.59 Å². The largest absolute Gasteiger partial charge is 0.471 e. The Morgan fingerprint density at radius 2 is 2.00 bits per heavy atom. The summed E-state index contributed by atoms with van der Waals surface area (Å²) in [5.41, 5.74) is 5.40. The third-order valence-electron chi connectivity index (χ3n) is 2.54. The van der Waals surface area contributed by atoms with E-state index in [4.69, 9.17) is 26.8 Å². The van der Waals surface area contributed by atoms with Gasteiger partial charge in [0, 0.05) is 18.1 Å². The second-order valence-corrected chi connectivity index (χ2v) is 4.74. The first-order valence-electron chi connectivity index (χ1n) is 6.85. The molecule has 122 valence electrons. The molecule has 0 saturated heterocycles. The van der Waals surface area contributed by atoms with Crippen LogP contribution in [0.3, 0.4) is 0 Å². The van der Waals surface area contributed by atoms with Gasteiger partial charge in [-0.15, -0.1) is 0 Å². The molecule has 1 atom stereocenters. The van der Waals surface area contributed by atoms with Crippen molar-refractivity contribution in [2.75, 3.05) is 19.7 Å². The second-order valence-electron chi connectivity index (χ2n) is 4.30. The Bertz CT molecular complexity index is 495. The van der Waals surface area contributed by atoms with Gasteiger partial charge < -0.3 is 20.5 Å². The summed E-state index contributed by atoms with van der Waals surface area (Å²) in [7, 11) is 0. The number of halogens is 1. The highest BCUT2D eigenvalue weighted by molar-refractivity contribution is 6.30. The molecule has 3 N–H and O–H groups in total. The molecule has 1 rings (SSSR count). The molecule has 0 bridgehead atoms. The summed E-state index contributed by atoms with van der Waals surface area (Å²) in [5.74, 6) is 0.540. The number of imide groups is 1. The first-order valence-corrected chi connectivity index (χ1v) is 7.22. The van der Waals surface area contributed by atoms with Crippen LogP contribution in [0, 0.1) is 0 Å². The second kappa shape index (κ2) is 9.11. The number of rotatable bonds is 6. The van der Waals surface area contributed by atoms with Crippen LogP contribution in [0.2, 0.25) is 5.02 Å². The van der Waals surface area contributed by atoms with E-state index in [0.29, 0.717) is 10.8 Å². The summed E-state index contributed by atoms with van der Waals surface area (Å²) in [6, 6.07) is 6.06. The van der Waals surface area contributed by atoms with E-state index in [2.05, 4.69) is 5.32 Å². The highest BCUT2D eigenvalue weighted by Gasteiger charge is 2.23. The van der Waals surface area contributed by atoms with Crippen LogP contribution in [-0.2, 0) is 4.74 Å². The van der Waals surface area contributed by atoms with E-state index in [0.717, 1.165) is 4.90 Å².